The normalized spacial score (nSPS) is 21.5. The van der Waals surface area contributed by atoms with Crippen molar-refractivity contribution >= 4 is 23.2 Å². The monoisotopic (exact) mass is 344 g/mol. The number of nitrogens with zero attached hydrogens (tertiary/aromatic N) is 2. The first-order valence-electron chi connectivity index (χ1n) is 9.12. The van der Waals surface area contributed by atoms with Gasteiger partial charge in [0, 0.05) is 30.3 Å². The highest BCUT2D eigenvalue weighted by Crippen LogP contribution is 2.42. The van der Waals surface area contributed by atoms with Crippen LogP contribution in [0.4, 0.5) is 0 Å². The largest absolute Gasteiger partial charge is 0.345 e. The van der Waals surface area contributed by atoms with E-state index in [0.717, 1.165) is 48.0 Å². The van der Waals surface area contributed by atoms with Gasteiger partial charge in [0.25, 0.3) is 5.91 Å². The van der Waals surface area contributed by atoms with Crippen LogP contribution in [0.2, 0.25) is 0 Å². The minimum absolute atomic E-state index is 0.108. The summed E-state index contributed by atoms with van der Waals surface area (Å²) in [7, 11) is 0. The molecule has 5 rings (SSSR count). The van der Waals surface area contributed by atoms with Crippen LogP contribution in [0.25, 0.3) is 11.0 Å². The predicted molar refractivity (Wildman–Crippen MR) is 101 cm³/mol. The first-order chi connectivity index (χ1) is 12.7. The van der Waals surface area contributed by atoms with E-state index in [0.29, 0.717) is 5.92 Å². The maximum Gasteiger partial charge on any atom is 0.254 e. The third-order valence-electron chi connectivity index (χ3n) is 5.87. The van der Waals surface area contributed by atoms with Crippen LogP contribution in [0.15, 0.2) is 42.7 Å². The fraction of sp³-hybridized carbons (Fsp3) is 0.286. The van der Waals surface area contributed by atoms with Gasteiger partial charge in [0.1, 0.15) is 0 Å². The average molecular weight is 344 g/mol. The topological polar surface area (TPSA) is 72.8 Å². The number of carbonyl (C=O) groups excluding carboxylic acids is 1. The number of aromatic nitrogens is 2. The third kappa shape index (κ3) is 2.27. The zero-order valence-electron chi connectivity index (χ0n) is 14.4. The Kier molecular flexibility index (Phi) is 3.42. The van der Waals surface area contributed by atoms with Gasteiger partial charge >= 0.3 is 0 Å². The van der Waals surface area contributed by atoms with Gasteiger partial charge in [0.2, 0.25) is 0 Å². The quantitative estimate of drug-likeness (QED) is 0.698. The molecule has 2 atom stereocenters. The molecule has 5 nitrogen and oxygen atoms in total. The fourth-order valence-electron chi connectivity index (χ4n) is 4.64. The Morgan fingerprint density at radius 1 is 1.27 bits per heavy atom. The summed E-state index contributed by atoms with van der Waals surface area (Å²) in [6, 6.07) is 12.2. The Labute approximate surface area is 151 Å². The van der Waals surface area contributed by atoms with E-state index >= 15 is 0 Å². The summed E-state index contributed by atoms with van der Waals surface area (Å²) < 4.78 is 0. The molecule has 1 saturated heterocycles. The molecule has 0 spiro atoms. The molecule has 3 aromatic rings. The van der Waals surface area contributed by atoms with Crippen LogP contribution in [0.1, 0.15) is 45.8 Å². The van der Waals surface area contributed by atoms with Crippen molar-refractivity contribution in [2.24, 2.45) is 0 Å². The molecule has 2 aromatic carbocycles. The SMILES string of the molecule is N=Cc1ccc2c(c1)C[C@H]1[C@@H]2CCCN1C(=O)c1ccc2nc[nH]c2c1. The van der Waals surface area contributed by atoms with Crippen LogP contribution >= 0.6 is 0 Å². The lowest BCUT2D eigenvalue weighted by atomic mass is 9.88. The van der Waals surface area contributed by atoms with E-state index in [-0.39, 0.29) is 11.9 Å². The number of imidazole rings is 1. The highest BCUT2D eigenvalue weighted by atomic mass is 16.2. The minimum atomic E-state index is 0.108. The van der Waals surface area contributed by atoms with Crippen molar-refractivity contribution in [2.45, 2.75) is 31.2 Å². The molecule has 1 aliphatic heterocycles. The van der Waals surface area contributed by atoms with E-state index in [9.17, 15) is 4.79 Å². The second-order valence-corrected chi connectivity index (χ2v) is 7.26. The smallest absolute Gasteiger partial charge is 0.254 e. The van der Waals surface area contributed by atoms with Gasteiger partial charge < -0.3 is 15.3 Å². The molecular weight excluding hydrogens is 324 g/mol. The predicted octanol–water partition coefficient (Wildman–Crippen LogP) is 3.51. The van der Waals surface area contributed by atoms with E-state index in [1.165, 1.54) is 17.3 Å². The molecule has 0 bridgehead atoms. The van der Waals surface area contributed by atoms with Crippen LogP contribution in [0.5, 0.6) is 0 Å². The molecule has 2 heterocycles. The van der Waals surface area contributed by atoms with Gasteiger partial charge in [-0.25, -0.2) is 4.98 Å². The average Bonchev–Trinajstić information content (AvgIpc) is 3.30. The molecule has 2 aliphatic rings. The molecule has 0 radical (unpaired) electrons. The number of hydrogen-bond donors (Lipinski definition) is 2. The zero-order chi connectivity index (χ0) is 17.7. The number of fused-ring (bicyclic) bond motifs is 4. The highest BCUT2D eigenvalue weighted by Gasteiger charge is 2.40. The Bertz CT molecular complexity index is 1020. The van der Waals surface area contributed by atoms with Crippen molar-refractivity contribution in [1.29, 1.82) is 5.41 Å². The summed E-state index contributed by atoms with van der Waals surface area (Å²) >= 11 is 0. The van der Waals surface area contributed by atoms with Gasteiger partial charge in [-0.15, -0.1) is 0 Å². The van der Waals surface area contributed by atoms with E-state index in [1.54, 1.807) is 6.33 Å². The van der Waals surface area contributed by atoms with E-state index < -0.39 is 0 Å². The molecule has 5 heteroatoms. The molecule has 26 heavy (non-hydrogen) atoms. The molecule has 2 N–H and O–H groups in total. The first kappa shape index (κ1) is 15.3. The Morgan fingerprint density at radius 3 is 3.08 bits per heavy atom. The van der Waals surface area contributed by atoms with E-state index in [2.05, 4.69) is 27.0 Å². The maximum atomic E-state index is 13.2. The third-order valence-corrected chi connectivity index (χ3v) is 5.87. The standard InChI is InChI=1S/C21H20N4O/c22-11-13-3-5-16-15(8-13)10-20-17(16)2-1-7-25(20)21(26)14-4-6-18-19(9-14)24-12-23-18/h3-6,8-9,11-12,17,20,22H,1-2,7,10H2,(H,23,24)/t17-,20+/m1/s1. The molecule has 1 aromatic heterocycles. The summed E-state index contributed by atoms with van der Waals surface area (Å²) in [5.41, 5.74) is 6.09. The van der Waals surface area contributed by atoms with Crippen molar-refractivity contribution in [2.75, 3.05) is 6.54 Å². The lowest BCUT2D eigenvalue weighted by Crippen LogP contribution is -2.46. The molecule has 0 saturated carbocycles. The van der Waals surface area contributed by atoms with Gasteiger partial charge in [-0.2, -0.15) is 0 Å². The summed E-state index contributed by atoms with van der Waals surface area (Å²) in [6.07, 6.45) is 6.10. The number of rotatable bonds is 2. The molecule has 1 aliphatic carbocycles. The minimum Gasteiger partial charge on any atom is -0.345 e. The molecule has 1 fully saturated rings. The lowest BCUT2D eigenvalue weighted by molar-refractivity contribution is 0.0595. The zero-order valence-corrected chi connectivity index (χ0v) is 14.4. The van der Waals surface area contributed by atoms with Crippen molar-refractivity contribution in [3.8, 4) is 0 Å². The number of likely N-dealkylation sites (tertiary alicyclic amines) is 1. The van der Waals surface area contributed by atoms with Crippen LogP contribution in [-0.2, 0) is 6.42 Å². The van der Waals surface area contributed by atoms with Crippen molar-refractivity contribution in [3.63, 3.8) is 0 Å². The van der Waals surface area contributed by atoms with Crippen LogP contribution < -0.4 is 0 Å². The van der Waals surface area contributed by atoms with Gasteiger partial charge in [0.05, 0.1) is 17.4 Å². The molecule has 130 valence electrons. The van der Waals surface area contributed by atoms with Gasteiger partial charge in [-0.05, 0) is 60.2 Å². The van der Waals surface area contributed by atoms with Crippen molar-refractivity contribution in [1.82, 2.24) is 14.9 Å². The number of amides is 1. The number of nitrogens with one attached hydrogen (secondary N) is 2. The Hall–Kier alpha value is -2.95. The fourth-order valence-corrected chi connectivity index (χ4v) is 4.64. The van der Waals surface area contributed by atoms with Crippen LogP contribution in [-0.4, -0.2) is 39.6 Å². The lowest BCUT2D eigenvalue weighted by Gasteiger charge is -2.38. The van der Waals surface area contributed by atoms with E-state index in [4.69, 9.17) is 5.41 Å². The summed E-state index contributed by atoms with van der Waals surface area (Å²) in [5, 5.41) is 7.48. The molecular formula is C21H20N4O. The summed E-state index contributed by atoms with van der Waals surface area (Å²) in [4.78, 5) is 22.6. The van der Waals surface area contributed by atoms with Gasteiger partial charge in [0.15, 0.2) is 0 Å². The van der Waals surface area contributed by atoms with E-state index in [1.807, 2.05) is 24.3 Å². The second kappa shape index (κ2) is 5.80. The van der Waals surface area contributed by atoms with Crippen molar-refractivity contribution in [3.05, 3.63) is 65.0 Å². The highest BCUT2D eigenvalue weighted by molar-refractivity contribution is 5.97. The number of carbonyl (C=O) groups is 1. The maximum absolute atomic E-state index is 13.2. The number of benzene rings is 2. The van der Waals surface area contributed by atoms with Crippen LogP contribution in [0.3, 0.4) is 0 Å². The van der Waals surface area contributed by atoms with Gasteiger partial charge in [-0.3, -0.25) is 4.79 Å². The summed E-state index contributed by atoms with van der Waals surface area (Å²) in [6.45, 7) is 0.812. The number of piperidine rings is 1. The Morgan fingerprint density at radius 2 is 2.19 bits per heavy atom. The Balaban J connectivity index is 1.48. The molecule has 1 amide bonds. The molecule has 0 unspecified atom stereocenters. The number of H-pyrrole nitrogens is 1. The van der Waals surface area contributed by atoms with Crippen molar-refractivity contribution < 1.29 is 4.79 Å². The summed E-state index contributed by atoms with van der Waals surface area (Å²) in [5.74, 6) is 0.523. The second-order valence-electron chi connectivity index (χ2n) is 7.26. The number of aromatic amines is 1. The van der Waals surface area contributed by atoms with Crippen LogP contribution in [0, 0.1) is 5.41 Å². The number of hydrogen-bond acceptors (Lipinski definition) is 3. The first-order valence-corrected chi connectivity index (χ1v) is 9.12. The van der Waals surface area contributed by atoms with Gasteiger partial charge in [-0.1, -0.05) is 12.1 Å².